The number of sulfonamides is 1. The van der Waals surface area contributed by atoms with Gasteiger partial charge in [0.25, 0.3) is 0 Å². The van der Waals surface area contributed by atoms with Crippen LogP contribution in [0.2, 0.25) is 0 Å². The molecule has 1 heterocycles. The van der Waals surface area contributed by atoms with Gasteiger partial charge in [-0.1, -0.05) is 12.8 Å². The molecular formula is C17H18F3NO3S2. The Morgan fingerprint density at radius 1 is 1.12 bits per heavy atom. The van der Waals surface area contributed by atoms with Gasteiger partial charge in [-0.2, -0.15) is 11.3 Å². The van der Waals surface area contributed by atoms with E-state index in [0.717, 1.165) is 55.5 Å². The van der Waals surface area contributed by atoms with E-state index in [1.165, 1.54) is 0 Å². The lowest BCUT2D eigenvalue weighted by Gasteiger charge is -2.28. The molecule has 26 heavy (non-hydrogen) atoms. The van der Waals surface area contributed by atoms with Gasteiger partial charge in [0, 0.05) is 12.0 Å². The molecule has 0 spiro atoms. The first-order valence-corrected chi connectivity index (χ1v) is 10.5. The third-order valence-corrected chi connectivity index (χ3v) is 6.76. The van der Waals surface area contributed by atoms with Crippen molar-refractivity contribution < 1.29 is 26.3 Å². The molecule has 0 radical (unpaired) electrons. The second-order valence-corrected chi connectivity index (χ2v) is 8.89. The molecule has 1 aromatic heterocycles. The molecule has 0 bridgehead atoms. The highest BCUT2D eigenvalue weighted by molar-refractivity contribution is 7.89. The Bertz CT molecular complexity index is 825. The lowest BCUT2D eigenvalue weighted by molar-refractivity contribution is -0.274. The summed E-state index contributed by atoms with van der Waals surface area (Å²) in [5.41, 5.74) is 0.920. The van der Waals surface area contributed by atoms with E-state index in [4.69, 9.17) is 0 Å². The van der Waals surface area contributed by atoms with E-state index in [-0.39, 0.29) is 16.9 Å². The number of rotatable bonds is 6. The van der Waals surface area contributed by atoms with Gasteiger partial charge in [-0.05, 0) is 59.5 Å². The van der Waals surface area contributed by atoms with Gasteiger partial charge in [0.05, 0.1) is 4.90 Å². The minimum atomic E-state index is -4.81. The Morgan fingerprint density at radius 2 is 1.77 bits per heavy atom. The fourth-order valence-corrected chi connectivity index (χ4v) is 5.23. The number of ether oxygens (including phenoxy) is 1. The number of halogens is 3. The Labute approximate surface area is 154 Å². The number of nitrogens with one attached hydrogen (secondary N) is 1. The van der Waals surface area contributed by atoms with Crippen molar-refractivity contribution in [2.45, 2.75) is 42.4 Å². The number of alkyl halides is 3. The predicted octanol–water partition coefficient (Wildman–Crippen LogP) is 4.44. The summed E-state index contributed by atoms with van der Waals surface area (Å²) < 4.78 is 68.0. The Kier molecular flexibility index (Phi) is 5.32. The zero-order valence-corrected chi connectivity index (χ0v) is 15.4. The third-order valence-electron chi connectivity index (χ3n) is 4.66. The van der Waals surface area contributed by atoms with Crippen LogP contribution in [-0.4, -0.2) is 21.3 Å². The van der Waals surface area contributed by atoms with E-state index in [0.29, 0.717) is 0 Å². The SMILES string of the molecule is O=S(=O)(NCC1(c2ccsc2)CCCC1)c1ccc(OC(F)(F)F)cc1. The van der Waals surface area contributed by atoms with Gasteiger partial charge in [0.15, 0.2) is 0 Å². The molecule has 142 valence electrons. The maximum absolute atomic E-state index is 12.5. The van der Waals surface area contributed by atoms with Crippen LogP contribution in [-0.2, 0) is 15.4 Å². The van der Waals surface area contributed by atoms with Gasteiger partial charge < -0.3 is 4.74 Å². The summed E-state index contributed by atoms with van der Waals surface area (Å²) in [6.07, 6.45) is -0.911. The first-order chi connectivity index (χ1) is 12.2. The van der Waals surface area contributed by atoms with Crippen molar-refractivity contribution in [2.24, 2.45) is 0 Å². The van der Waals surface area contributed by atoms with Crippen molar-refractivity contribution >= 4 is 21.4 Å². The van der Waals surface area contributed by atoms with Crippen LogP contribution in [0.15, 0.2) is 46.0 Å². The van der Waals surface area contributed by atoms with Crippen molar-refractivity contribution in [3.8, 4) is 5.75 Å². The first-order valence-electron chi connectivity index (χ1n) is 8.08. The molecule has 0 unspecified atom stereocenters. The van der Waals surface area contributed by atoms with E-state index in [1.54, 1.807) is 11.3 Å². The monoisotopic (exact) mass is 405 g/mol. The maximum atomic E-state index is 12.5. The van der Waals surface area contributed by atoms with Crippen molar-refractivity contribution in [3.05, 3.63) is 46.7 Å². The van der Waals surface area contributed by atoms with Crippen LogP contribution < -0.4 is 9.46 Å². The molecular weight excluding hydrogens is 387 g/mol. The summed E-state index contributed by atoms with van der Waals surface area (Å²) in [6.45, 7) is 0.271. The first kappa shape index (κ1) is 19.2. The van der Waals surface area contributed by atoms with E-state index in [1.807, 2.05) is 16.8 Å². The smallest absolute Gasteiger partial charge is 0.406 e. The molecule has 0 aliphatic heterocycles. The summed E-state index contributed by atoms with van der Waals surface area (Å²) in [4.78, 5) is -0.0921. The molecule has 2 aromatic rings. The lowest BCUT2D eigenvalue weighted by Crippen LogP contribution is -2.38. The van der Waals surface area contributed by atoms with Crippen molar-refractivity contribution in [2.75, 3.05) is 6.54 Å². The van der Waals surface area contributed by atoms with E-state index in [2.05, 4.69) is 9.46 Å². The topological polar surface area (TPSA) is 55.4 Å². The highest BCUT2D eigenvalue weighted by atomic mass is 32.2. The van der Waals surface area contributed by atoms with E-state index < -0.39 is 22.1 Å². The molecule has 0 saturated heterocycles. The van der Waals surface area contributed by atoms with Crippen LogP contribution in [0.4, 0.5) is 13.2 Å². The molecule has 4 nitrogen and oxygen atoms in total. The molecule has 3 rings (SSSR count). The lowest BCUT2D eigenvalue weighted by atomic mass is 9.81. The van der Waals surface area contributed by atoms with Crippen molar-refractivity contribution in [1.29, 1.82) is 0 Å². The number of hydrogen-bond acceptors (Lipinski definition) is 4. The summed E-state index contributed by atoms with van der Waals surface area (Å²) in [5, 5.41) is 4.02. The maximum Gasteiger partial charge on any atom is 0.573 e. The minimum absolute atomic E-state index is 0.0921. The highest BCUT2D eigenvalue weighted by Crippen LogP contribution is 2.41. The second kappa shape index (κ2) is 7.21. The van der Waals surface area contributed by atoms with Crippen LogP contribution >= 0.6 is 11.3 Å². The minimum Gasteiger partial charge on any atom is -0.406 e. The standard InChI is InChI=1S/C17H18F3NO3S2/c18-17(19,20)24-14-3-5-15(6-4-14)26(22,23)21-12-16(8-1-2-9-16)13-7-10-25-11-13/h3-7,10-11,21H,1-2,8-9,12H2. The van der Waals surface area contributed by atoms with Gasteiger partial charge in [-0.15, -0.1) is 13.2 Å². The normalized spacial score (nSPS) is 17.3. The van der Waals surface area contributed by atoms with Gasteiger partial charge >= 0.3 is 6.36 Å². The fourth-order valence-electron chi connectivity index (χ4n) is 3.32. The second-order valence-electron chi connectivity index (χ2n) is 6.34. The number of hydrogen-bond donors (Lipinski definition) is 1. The average molecular weight is 405 g/mol. The molecule has 1 aliphatic carbocycles. The van der Waals surface area contributed by atoms with Crippen molar-refractivity contribution in [3.63, 3.8) is 0 Å². The van der Waals surface area contributed by atoms with Crippen LogP contribution in [0.25, 0.3) is 0 Å². The molecule has 1 aromatic carbocycles. The van der Waals surface area contributed by atoms with E-state index >= 15 is 0 Å². The largest absolute Gasteiger partial charge is 0.573 e. The molecule has 1 aliphatic rings. The quantitative estimate of drug-likeness (QED) is 0.773. The summed E-state index contributed by atoms with van der Waals surface area (Å²) >= 11 is 1.58. The number of benzene rings is 1. The summed E-state index contributed by atoms with van der Waals surface area (Å²) in [7, 11) is -3.82. The Balaban J connectivity index is 1.72. The van der Waals surface area contributed by atoms with Crippen LogP contribution in [0.3, 0.4) is 0 Å². The zero-order valence-electron chi connectivity index (χ0n) is 13.8. The molecule has 9 heteroatoms. The average Bonchev–Trinajstić information content (AvgIpc) is 3.24. The fraction of sp³-hybridized carbons (Fsp3) is 0.412. The summed E-state index contributed by atoms with van der Waals surface area (Å²) in [6, 6.07) is 6.22. The molecule has 1 fully saturated rings. The highest BCUT2D eigenvalue weighted by Gasteiger charge is 2.37. The van der Waals surface area contributed by atoms with Gasteiger partial charge in [0.1, 0.15) is 5.75 Å². The van der Waals surface area contributed by atoms with Crippen LogP contribution in [0.5, 0.6) is 5.75 Å². The van der Waals surface area contributed by atoms with Crippen molar-refractivity contribution in [1.82, 2.24) is 4.72 Å². The van der Waals surface area contributed by atoms with Crippen LogP contribution in [0, 0.1) is 0 Å². The third kappa shape index (κ3) is 4.39. The van der Waals surface area contributed by atoms with Gasteiger partial charge in [-0.25, -0.2) is 13.1 Å². The predicted molar refractivity (Wildman–Crippen MR) is 92.8 cm³/mol. The van der Waals surface area contributed by atoms with E-state index in [9.17, 15) is 21.6 Å². The summed E-state index contributed by atoms with van der Waals surface area (Å²) in [5.74, 6) is -0.456. The van der Waals surface area contributed by atoms with Gasteiger partial charge in [0.2, 0.25) is 10.0 Å². The Hall–Kier alpha value is -1.58. The van der Waals surface area contributed by atoms with Crippen LogP contribution in [0.1, 0.15) is 31.2 Å². The zero-order chi connectivity index (χ0) is 18.8. The van der Waals surface area contributed by atoms with Gasteiger partial charge in [-0.3, -0.25) is 0 Å². The number of thiophene rings is 1. The molecule has 1 N–H and O–H groups in total. The molecule has 0 amide bonds. The molecule has 1 saturated carbocycles. The molecule has 0 atom stereocenters. The Morgan fingerprint density at radius 3 is 2.31 bits per heavy atom.